The lowest BCUT2D eigenvalue weighted by Crippen LogP contribution is -2.44. The predicted octanol–water partition coefficient (Wildman–Crippen LogP) is 3.93. The highest BCUT2D eigenvalue weighted by Gasteiger charge is 2.38. The number of carbonyl (C=O) groups excluding carboxylic acids is 2. The zero-order valence-corrected chi connectivity index (χ0v) is 18.2. The van der Waals surface area contributed by atoms with E-state index in [0.29, 0.717) is 23.6 Å². The molecule has 1 unspecified atom stereocenters. The van der Waals surface area contributed by atoms with E-state index in [1.165, 1.54) is 12.1 Å². The Bertz CT molecular complexity index is 778. The predicted molar refractivity (Wildman–Crippen MR) is 110 cm³/mol. The molecule has 1 fully saturated rings. The van der Waals surface area contributed by atoms with Crippen LogP contribution in [0.5, 0.6) is 0 Å². The standard InChI is InChI=1S/C20H29N3O7/c1-19(2,3)29-17(24)22(18(25)30-20(4,5)6)15-9-7-8-13(16(15)23(26)27)14-12-28-11-10-21-14/h7-9,14,21H,10-12H2,1-6H3. The molecule has 1 aliphatic rings. The second-order valence-corrected chi connectivity index (χ2v) is 8.85. The van der Waals surface area contributed by atoms with Gasteiger partial charge in [0.1, 0.15) is 16.9 Å². The second kappa shape index (κ2) is 8.97. The van der Waals surface area contributed by atoms with E-state index in [-0.39, 0.29) is 12.3 Å². The van der Waals surface area contributed by atoms with Crippen LogP contribution in [0.15, 0.2) is 18.2 Å². The molecular weight excluding hydrogens is 394 g/mol. The molecule has 1 saturated heterocycles. The first-order valence-electron chi connectivity index (χ1n) is 9.64. The molecule has 1 aliphatic heterocycles. The van der Waals surface area contributed by atoms with Crippen molar-refractivity contribution in [2.75, 3.05) is 24.7 Å². The van der Waals surface area contributed by atoms with Crippen molar-refractivity contribution in [1.82, 2.24) is 5.32 Å². The third-order valence-corrected chi connectivity index (χ3v) is 3.92. The molecule has 30 heavy (non-hydrogen) atoms. The summed E-state index contributed by atoms with van der Waals surface area (Å²) in [6.07, 6.45) is -2.13. The normalized spacial score (nSPS) is 17.2. The summed E-state index contributed by atoms with van der Waals surface area (Å²) in [4.78, 5) is 37.7. The van der Waals surface area contributed by atoms with Gasteiger partial charge in [-0.05, 0) is 47.6 Å². The maximum atomic E-state index is 12.9. The minimum Gasteiger partial charge on any atom is -0.443 e. The largest absolute Gasteiger partial charge is 0.443 e. The number of rotatable bonds is 3. The number of hydrogen-bond donors (Lipinski definition) is 1. The average molecular weight is 423 g/mol. The molecule has 10 heteroatoms. The van der Waals surface area contributed by atoms with Crippen molar-refractivity contribution in [2.45, 2.75) is 58.8 Å². The number of hydrogen-bond acceptors (Lipinski definition) is 8. The molecule has 10 nitrogen and oxygen atoms in total. The van der Waals surface area contributed by atoms with E-state index in [1.807, 2.05) is 0 Å². The number of nitro groups is 1. The molecule has 2 amide bonds. The first-order chi connectivity index (χ1) is 13.8. The van der Waals surface area contributed by atoms with Crippen LogP contribution in [0.1, 0.15) is 53.1 Å². The summed E-state index contributed by atoms with van der Waals surface area (Å²) in [5.74, 6) is 0. The molecule has 0 aliphatic carbocycles. The fraction of sp³-hybridized carbons (Fsp3) is 0.600. The molecule has 0 saturated carbocycles. The van der Waals surface area contributed by atoms with E-state index in [4.69, 9.17) is 14.2 Å². The number of nitro benzene ring substituents is 1. The van der Waals surface area contributed by atoms with Crippen molar-refractivity contribution in [1.29, 1.82) is 0 Å². The van der Waals surface area contributed by atoms with Crippen LogP contribution in [0.2, 0.25) is 0 Å². The highest BCUT2D eigenvalue weighted by Crippen LogP contribution is 2.37. The number of imide groups is 1. The minimum absolute atomic E-state index is 0.225. The van der Waals surface area contributed by atoms with Crippen LogP contribution < -0.4 is 10.2 Å². The minimum atomic E-state index is -1.06. The summed E-state index contributed by atoms with van der Waals surface area (Å²) < 4.78 is 16.1. The first-order valence-corrected chi connectivity index (χ1v) is 9.64. The third-order valence-electron chi connectivity index (χ3n) is 3.92. The van der Waals surface area contributed by atoms with Gasteiger partial charge in [-0.2, -0.15) is 4.90 Å². The van der Waals surface area contributed by atoms with Crippen molar-refractivity contribution >= 4 is 23.6 Å². The Morgan fingerprint density at radius 3 is 2.13 bits per heavy atom. The molecule has 1 atom stereocenters. The Morgan fingerprint density at radius 2 is 1.70 bits per heavy atom. The fourth-order valence-electron chi connectivity index (χ4n) is 2.86. The van der Waals surface area contributed by atoms with Crippen LogP contribution in [0, 0.1) is 10.1 Å². The fourth-order valence-corrected chi connectivity index (χ4v) is 2.86. The molecule has 0 radical (unpaired) electrons. The van der Waals surface area contributed by atoms with E-state index in [2.05, 4.69) is 5.32 Å². The molecule has 166 valence electrons. The first kappa shape index (κ1) is 23.6. The molecule has 0 bridgehead atoms. The average Bonchev–Trinajstić information content (AvgIpc) is 2.59. The van der Waals surface area contributed by atoms with Crippen molar-refractivity contribution < 1.29 is 28.7 Å². The van der Waals surface area contributed by atoms with Crippen LogP contribution in [0.25, 0.3) is 0 Å². The smallest absolute Gasteiger partial charge is 0.424 e. The number of para-hydroxylation sites is 1. The van der Waals surface area contributed by atoms with E-state index in [0.717, 1.165) is 0 Å². The summed E-state index contributed by atoms with van der Waals surface area (Å²) in [5.41, 5.74) is -2.18. The molecule has 1 N–H and O–H groups in total. The lowest BCUT2D eigenvalue weighted by atomic mass is 10.0. The zero-order valence-electron chi connectivity index (χ0n) is 18.2. The number of benzene rings is 1. The highest BCUT2D eigenvalue weighted by molar-refractivity contribution is 6.11. The van der Waals surface area contributed by atoms with Gasteiger partial charge in [0, 0.05) is 6.54 Å². The van der Waals surface area contributed by atoms with Crippen LogP contribution in [0.4, 0.5) is 21.0 Å². The Morgan fingerprint density at radius 1 is 1.13 bits per heavy atom. The van der Waals surface area contributed by atoms with Gasteiger partial charge in [-0.1, -0.05) is 12.1 Å². The Hall–Kier alpha value is -2.72. The van der Waals surface area contributed by atoms with E-state index in [9.17, 15) is 19.7 Å². The van der Waals surface area contributed by atoms with Gasteiger partial charge in [0.15, 0.2) is 0 Å². The maximum absolute atomic E-state index is 12.9. The van der Waals surface area contributed by atoms with Gasteiger partial charge in [0.25, 0.3) is 5.69 Å². The maximum Gasteiger partial charge on any atom is 0.424 e. The summed E-state index contributed by atoms with van der Waals surface area (Å²) in [7, 11) is 0. The van der Waals surface area contributed by atoms with E-state index >= 15 is 0 Å². The number of amides is 2. The third kappa shape index (κ3) is 6.14. The van der Waals surface area contributed by atoms with Crippen LogP contribution in [0.3, 0.4) is 0 Å². The second-order valence-electron chi connectivity index (χ2n) is 8.85. The number of anilines is 1. The highest BCUT2D eigenvalue weighted by atomic mass is 16.6. The summed E-state index contributed by atoms with van der Waals surface area (Å²) in [6.45, 7) is 11.0. The molecule has 0 aromatic heterocycles. The van der Waals surface area contributed by atoms with E-state index in [1.54, 1.807) is 47.6 Å². The zero-order chi connectivity index (χ0) is 22.7. The Balaban J connectivity index is 2.59. The van der Waals surface area contributed by atoms with E-state index < -0.39 is 40.0 Å². The van der Waals surface area contributed by atoms with Crippen LogP contribution in [-0.2, 0) is 14.2 Å². The van der Waals surface area contributed by atoms with Gasteiger partial charge in [0.05, 0.1) is 29.7 Å². The van der Waals surface area contributed by atoms with Gasteiger partial charge in [-0.25, -0.2) is 9.59 Å². The van der Waals surface area contributed by atoms with Crippen molar-refractivity contribution in [3.63, 3.8) is 0 Å². The molecule has 1 heterocycles. The molecule has 0 spiro atoms. The number of ether oxygens (including phenoxy) is 3. The molecular formula is C20H29N3O7. The molecule has 1 aromatic carbocycles. The van der Waals surface area contributed by atoms with Gasteiger partial charge in [-0.15, -0.1) is 0 Å². The Kier molecular flexibility index (Phi) is 7.04. The number of nitrogens with zero attached hydrogens (tertiary/aromatic N) is 2. The van der Waals surface area contributed by atoms with Crippen molar-refractivity contribution in [2.24, 2.45) is 0 Å². The number of carbonyl (C=O) groups is 2. The van der Waals surface area contributed by atoms with Crippen molar-refractivity contribution in [3.05, 3.63) is 33.9 Å². The number of morpholine rings is 1. The monoisotopic (exact) mass is 423 g/mol. The summed E-state index contributed by atoms with van der Waals surface area (Å²) in [6, 6.07) is 3.96. The topological polar surface area (TPSA) is 120 Å². The van der Waals surface area contributed by atoms with Gasteiger partial charge in [-0.3, -0.25) is 10.1 Å². The lowest BCUT2D eigenvalue weighted by Gasteiger charge is -2.29. The quantitative estimate of drug-likeness (QED) is 0.573. The summed E-state index contributed by atoms with van der Waals surface area (Å²) in [5, 5.41) is 15.2. The molecule has 2 rings (SSSR count). The Labute approximate surface area is 175 Å². The van der Waals surface area contributed by atoms with Gasteiger partial charge in [0.2, 0.25) is 0 Å². The summed E-state index contributed by atoms with van der Waals surface area (Å²) >= 11 is 0. The number of nitrogens with one attached hydrogen (secondary N) is 1. The van der Waals surface area contributed by atoms with Crippen LogP contribution in [-0.4, -0.2) is 48.1 Å². The van der Waals surface area contributed by atoms with Gasteiger partial charge < -0.3 is 19.5 Å². The lowest BCUT2D eigenvalue weighted by molar-refractivity contribution is -0.385. The SMILES string of the molecule is CC(C)(C)OC(=O)N(C(=O)OC(C)(C)C)c1cccc(C2COCCN2)c1[N+](=O)[O-]. The van der Waals surface area contributed by atoms with Crippen molar-refractivity contribution in [3.8, 4) is 0 Å². The molecule has 1 aromatic rings. The van der Waals surface area contributed by atoms with Gasteiger partial charge >= 0.3 is 12.2 Å². The van der Waals surface area contributed by atoms with Crippen LogP contribution >= 0.6 is 0 Å².